The largest absolute Gasteiger partial charge is 0.514 e. The van der Waals surface area contributed by atoms with E-state index in [1.807, 2.05) is 60.7 Å². The summed E-state index contributed by atoms with van der Waals surface area (Å²) in [5.41, 5.74) is 6.02. The number of fused-ring (bicyclic) bond motifs is 5. The van der Waals surface area contributed by atoms with Gasteiger partial charge in [0, 0.05) is 56.3 Å². The van der Waals surface area contributed by atoms with E-state index in [0.29, 0.717) is 61.2 Å². The Bertz CT molecular complexity index is 3720. The molecule has 3 unspecified atom stereocenters. The summed E-state index contributed by atoms with van der Waals surface area (Å²) in [6.07, 6.45) is 17.4. The first-order valence-corrected chi connectivity index (χ1v) is 37.1. The van der Waals surface area contributed by atoms with E-state index >= 15 is 0 Å². The van der Waals surface area contributed by atoms with E-state index in [1.165, 1.54) is 87.8 Å². The minimum absolute atomic E-state index is 0.0654. The van der Waals surface area contributed by atoms with Gasteiger partial charge in [0.05, 0.1) is 23.7 Å². The molecule has 18 heteroatoms. The number of ether oxygens (including phenoxy) is 4. The number of non-ortho nitro benzene ring substituents is 1. The molecule has 3 saturated carbocycles. The predicted octanol–water partition coefficient (Wildman–Crippen LogP) is 16.5. The fourth-order valence-corrected chi connectivity index (χ4v) is 17.4. The number of rotatable bonds is 35. The molecule has 4 aliphatic carbocycles. The fourth-order valence-electron chi connectivity index (χ4n) is 17.4. The van der Waals surface area contributed by atoms with Gasteiger partial charge in [-0.1, -0.05) is 163 Å². The van der Waals surface area contributed by atoms with Crippen LogP contribution < -0.4 is 36.1 Å². The van der Waals surface area contributed by atoms with Gasteiger partial charge >= 0.3 is 6.16 Å². The fraction of sp³-hybridized carbons (Fsp3) is 0.488. The molecule has 0 aliphatic heterocycles. The van der Waals surface area contributed by atoms with Crippen LogP contribution in [0.3, 0.4) is 0 Å². The molecule has 0 spiro atoms. The second-order valence-corrected chi connectivity index (χ2v) is 29.9. The van der Waals surface area contributed by atoms with Crippen LogP contribution in [0.1, 0.15) is 178 Å². The van der Waals surface area contributed by atoms with Crippen molar-refractivity contribution in [3.63, 3.8) is 0 Å². The average molecular weight is 1390 g/mol. The molecule has 0 saturated heterocycles. The van der Waals surface area contributed by atoms with Crippen molar-refractivity contribution in [2.75, 3.05) is 32.1 Å². The highest BCUT2D eigenvalue weighted by Gasteiger charge is 2.59. The third-order valence-corrected chi connectivity index (χ3v) is 22.8. The number of unbranched alkanes of at least 4 members (excludes halogenated alkanes) is 1. The second-order valence-electron chi connectivity index (χ2n) is 29.9. The van der Waals surface area contributed by atoms with Crippen molar-refractivity contribution in [1.82, 2.24) is 21.3 Å². The van der Waals surface area contributed by atoms with Crippen LogP contribution >= 0.6 is 0 Å². The van der Waals surface area contributed by atoms with Crippen LogP contribution in [0.15, 0.2) is 169 Å². The van der Waals surface area contributed by atoms with Crippen molar-refractivity contribution in [2.45, 2.75) is 187 Å². The van der Waals surface area contributed by atoms with Crippen LogP contribution in [-0.2, 0) is 47.2 Å². The maximum absolute atomic E-state index is 14.5. The number of nitrogens with zero attached hydrogens (tertiary/aromatic N) is 1. The Morgan fingerprint density at radius 1 is 0.667 bits per heavy atom. The third-order valence-electron chi connectivity index (χ3n) is 22.8. The van der Waals surface area contributed by atoms with E-state index in [4.69, 9.17) is 18.9 Å². The summed E-state index contributed by atoms with van der Waals surface area (Å²) in [7, 11) is 1.63. The van der Waals surface area contributed by atoms with Gasteiger partial charge < -0.3 is 40.2 Å². The Labute approximate surface area is 601 Å². The van der Waals surface area contributed by atoms with Gasteiger partial charge in [-0.15, -0.1) is 0 Å². The van der Waals surface area contributed by atoms with Gasteiger partial charge in [0.2, 0.25) is 23.6 Å². The first kappa shape index (κ1) is 75.9. The summed E-state index contributed by atoms with van der Waals surface area (Å²) in [6.45, 7) is 13.7. The Kier molecular flexibility index (Phi) is 26.7. The van der Waals surface area contributed by atoms with Gasteiger partial charge in [-0.3, -0.25) is 34.6 Å². The van der Waals surface area contributed by atoms with E-state index < -0.39 is 52.2 Å². The van der Waals surface area contributed by atoms with Crippen molar-refractivity contribution < 1.29 is 52.2 Å². The lowest BCUT2D eigenvalue weighted by Crippen LogP contribution is -2.51. The summed E-state index contributed by atoms with van der Waals surface area (Å²) in [6, 6.07) is 43.9. The van der Waals surface area contributed by atoms with Crippen molar-refractivity contribution in [1.29, 1.82) is 0 Å². The maximum Gasteiger partial charge on any atom is 0.514 e. The van der Waals surface area contributed by atoms with E-state index in [1.54, 1.807) is 49.1 Å². The molecule has 0 radical (unpaired) electrons. The van der Waals surface area contributed by atoms with Gasteiger partial charge in [0.25, 0.3) is 5.69 Å². The van der Waals surface area contributed by atoms with E-state index in [-0.39, 0.29) is 67.6 Å². The van der Waals surface area contributed by atoms with Gasteiger partial charge in [-0.05, 0) is 213 Å². The molecule has 4 aliphatic rings. The molecule has 5 N–H and O–H groups in total. The smallest absolute Gasteiger partial charge is 0.497 e. The highest BCUT2D eigenvalue weighted by atomic mass is 19.1. The molecule has 0 bridgehead atoms. The minimum atomic E-state index is -1.05. The van der Waals surface area contributed by atoms with Gasteiger partial charge in [-0.25, -0.2) is 9.18 Å². The highest BCUT2D eigenvalue weighted by Crippen LogP contribution is 2.67. The normalized spacial score (nSPS) is 21.5. The van der Waals surface area contributed by atoms with E-state index in [0.717, 1.165) is 77.2 Å². The lowest BCUT2D eigenvalue weighted by Gasteiger charge is -2.58. The summed E-state index contributed by atoms with van der Waals surface area (Å²) < 4.78 is 36.7. The lowest BCUT2D eigenvalue weighted by atomic mass is 9.47. The quantitative estimate of drug-likeness (QED) is 0.00476. The number of amides is 4. The molecule has 10 rings (SSSR count). The monoisotopic (exact) mass is 1390 g/mol. The van der Waals surface area contributed by atoms with E-state index in [9.17, 15) is 38.5 Å². The molecule has 4 amide bonds. The number of hydrogen-bond acceptors (Lipinski definition) is 12. The number of nitrogens with one attached hydrogen (secondary N) is 5. The number of allylic oxidation sites excluding steroid dienone is 1. The number of nitro benzene ring substituents is 1. The summed E-state index contributed by atoms with van der Waals surface area (Å²) in [5.74, 6) is 3.41. The Morgan fingerprint density at radius 2 is 1.33 bits per heavy atom. The number of benzene rings is 6. The molecule has 3 fully saturated rings. The molecule has 10 atom stereocenters. The summed E-state index contributed by atoms with van der Waals surface area (Å²) >= 11 is 0. The SMILES string of the molecule is COc1ccc(C(NCCCCC(NC(=O)CC(Cc2ccc(F)cc2)NC(=O)CCC(=O)NCCCO[C@H]2CC[C@@]3(C)C(=CC[C@H]4[C@@H]5CC[C@H](C(C)CCCC(C)C)[C@@]5(C)CC[C@@H]43)C2)C(=O)Nc2ccc(COC(=O)Oc3ccc([N+](=O)[O-])cc3)cc2)(c2ccccc2)c2ccccc2)cc1. The number of methoxy groups -OCH3 is 1. The topological polar surface area (TPSA) is 226 Å². The average Bonchev–Trinajstić information content (AvgIpc) is 1.40. The molecule has 544 valence electrons. The zero-order valence-corrected chi connectivity index (χ0v) is 60.4. The second kappa shape index (κ2) is 35.9. The first-order valence-electron chi connectivity index (χ1n) is 37.1. The number of halogens is 1. The summed E-state index contributed by atoms with van der Waals surface area (Å²) in [4.78, 5) is 78.9. The van der Waals surface area contributed by atoms with Gasteiger partial charge in [0.15, 0.2) is 0 Å². The number of hydrogen-bond donors (Lipinski definition) is 5. The molecular formula is C84H105FN6O11. The van der Waals surface area contributed by atoms with Crippen LogP contribution in [0.5, 0.6) is 11.5 Å². The molecule has 0 aromatic heterocycles. The molecule has 6 aromatic rings. The van der Waals surface area contributed by atoms with Crippen LogP contribution in [-0.4, -0.2) is 79.7 Å². The lowest BCUT2D eigenvalue weighted by molar-refractivity contribution is -0.384. The molecule has 17 nitrogen and oxygen atoms in total. The molecular weight excluding hydrogens is 1290 g/mol. The van der Waals surface area contributed by atoms with Crippen molar-refractivity contribution >= 4 is 41.2 Å². The molecule has 102 heavy (non-hydrogen) atoms. The van der Waals surface area contributed by atoms with Crippen molar-refractivity contribution in [2.24, 2.45) is 46.3 Å². The number of nitro groups is 1. The Hall–Kier alpha value is -8.74. The van der Waals surface area contributed by atoms with Gasteiger partial charge in [-0.2, -0.15) is 0 Å². The van der Waals surface area contributed by atoms with Gasteiger partial charge in [0.1, 0.15) is 30.0 Å². The maximum atomic E-state index is 14.5. The first-order chi connectivity index (χ1) is 49.2. The van der Waals surface area contributed by atoms with Crippen molar-refractivity contribution in [3.8, 4) is 11.5 Å². The number of carbonyl (C=O) groups is 5. The number of carbonyl (C=O) groups excluding carboxylic acids is 5. The van der Waals surface area contributed by atoms with E-state index in [2.05, 4.69) is 91.5 Å². The van der Waals surface area contributed by atoms with Crippen molar-refractivity contribution in [3.05, 3.63) is 213 Å². The molecule has 6 aromatic carbocycles. The standard InChI is InChI=1S/C84H105FN6O11/c1-57(2)17-15-18-58(3)73-42-43-74-72-41-30-64-54-71(46-48-82(64,4)75(72)47-49-83(73,74)5)100-52-16-50-86-77(92)44-45-78(93)88-67(53-59-24-31-65(85)32-25-59)55-79(94)90-76(80(95)89-66-33-26-60(27-34-66)56-101-81(96)102-70-39-35-68(36-40-70)91(97)98)23-13-14-51-87-84(61-19-9-7-10-20-61,62-21-11-8-12-22-62)63-28-37-69(99-6)38-29-63/h7-12,19-22,24-40,57-58,67,71-76,87H,13-18,23,41-56H2,1-6H3,(H,86,92)(H,88,93)(H,89,95)(H,90,94)/t58?,67?,71-,72-,73+,74-,75-,76?,82-,83+/m0/s1. The minimum Gasteiger partial charge on any atom is -0.497 e. The third kappa shape index (κ3) is 19.7. The highest BCUT2D eigenvalue weighted by molar-refractivity contribution is 5.97. The van der Waals surface area contributed by atoms with Crippen LogP contribution in [0, 0.1) is 62.3 Å². The molecule has 0 heterocycles. The zero-order chi connectivity index (χ0) is 72.2. The Balaban J connectivity index is 0.728. The zero-order valence-electron chi connectivity index (χ0n) is 60.4. The summed E-state index contributed by atoms with van der Waals surface area (Å²) in [5, 5.41) is 26.8. The number of anilines is 1. The van der Waals surface area contributed by atoms with Crippen LogP contribution in [0.2, 0.25) is 0 Å². The Morgan fingerprint density at radius 3 is 2.01 bits per heavy atom. The predicted molar refractivity (Wildman–Crippen MR) is 395 cm³/mol. The van der Waals surface area contributed by atoms with Crippen LogP contribution in [0.4, 0.5) is 20.6 Å². The van der Waals surface area contributed by atoms with Crippen LogP contribution in [0.25, 0.3) is 0 Å².